The summed E-state index contributed by atoms with van der Waals surface area (Å²) in [7, 11) is -4.23. The van der Waals surface area contributed by atoms with Crippen LogP contribution in [-0.2, 0) is 14.8 Å². The predicted octanol–water partition coefficient (Wildman–Crippen LogP) is 6.26. The minimum absolute atomic E-state index is 0.00370. The molecule has 4 nitrogen and oxygen atoms in total. The standard InChI is InChI=1S/C23H18Cl3NO3S2/c1-15-7-13-19(14-8-15)32(29,30)27-21(31-18-11-9-17(24)10-12-18)20(23(25,26)22(27)28)16-5-3-2-4-6-16/h2-14,20-21H,1H3/t20-,21-/m1/s1. The van der Waals surface area contributed by atoms with Crippen molar-refractivity contribution in [3.05, 3.63) is 95.0 Å². The van der Waals surface area contributed by atoms with Gasteiger partial charge in [0.25, 0.3) is 15.9 Å². The normalized spacial score (nSPS) is 20.5. The van der Waals surface area contributed by atoms with Gasteiger partial charge in [-0.1, -0.05) is 94.6 Å². The minimum Gasteiger partial charge on any atom is -0.270 e. The third kappa shape index (κ3) is 4.27. The van der Waals surface area contributed by atoms with E-state index < -0.39 is 31.6 Å². The maximum absolute atomic E-state index is 13.6. The molecular weight excluding hydrogens is 509 g/mol. The lowest BCUT2D eigenvalue weighted by atomic mass is 9.97. The molecule has 2 atom stereocenters. The first kappa shape index (κ1) is 23.5. The molecule has 9 heteroatoms. The Morgan fingerprint density at radius 3 is 2.09 bits per heavy atom. The Morgan fingerprint density at radius 1 is 0.906 bits per heavy atom. The molecule has 166 valence electrons. The molecular formula is C23H18Cl3NO3S2. The van der Waals surface area contributed by atoms with Gasteiger partial charge in [0, 0.05) is 9.92 Å². The van der Waals surface area contributed by atoms with Gasteiger partial charge < -0.3 is 0 Å². The number of hydrogen-bond donors (Lipinski definition) is 0. The Morgan fingerprint density at radius 2 is 1.50 bits per heavy atom. The highest BCUT2D eigenvalue weighted by atomic mass is 35.5. The van der Waals surface area contributed by atoms with Gasteiger partial charge in [-0.15, -0.1) is 0 Å². The van der Waals surface area contributed by atoms with Gasteiger partial charge in [0.1, 0.15) is 5.37 Å². The van der Waals surface area contributed by atoms with Crippen molar-refractivity contribution in [3.8, 4) is 0 Å². The molecule has 0 saturated carbocycles. The van der Waals surface area contributed by atoms with Crippen LogP contribution in [0.5, 0.6) is 0 Å². The number of rotatable bonds is 5. The van der Waals surface area contributed by atoms with Crippen molar-refractivity contribution < 1.29 is 13.2 Å². The molecule has 1 saturated heterocycles. The molecule has 4 rings (SSSR count). The van der Waals surface area contributed by atoms with E-state index in [1.807, 2.05) is 13.0 Å². The number of carbonyl (C=O) groups is 1. The largest absolute Gasteiger partial charge is 0.274 e. The maximum atomic E-state index is 13.6. The van der Waals surface area contributed by atoms with E-state index >= 15 is 0 Å². The summed E-state index contributed by atoms with van der Waals surface area (Å²) in [6.45, 7) is 1.85. The average molecular weight is 527 g/mol. The van der Waals surface area contributed by atoms with Gasteiger partial charge in [-0.25, -0.2) is 12.7 Å². The molecule has 0 unspecified atom stereocenters. The van der Waals surface area contributed by atoms with Crippen molar-refractivity contribution in [1.82, 2.24) is 4.31 Å². The fourth-order valence-corrected chi connectivity index (χ4v) is 7.83. The van der Waals surface area contributed by atoms with Gasteiger partial charge in [-0.2, -0.15) is 0 Å². The number of sulfonamides is 1. The Balaban J connectivity index is 1.87. The third-order valence-corrected chi connectivity index (χ3v) is 9.43. The number of nitrogens with zero attached hydrogens (tertiary/aromatic N) is 1. The van der Waals surface area contributed by atoms with Crippen LogP contribution in [0.1, 0.15) is 17.0 Å². The second-order valence-corrected chi connectivity index (χ2v) is 12.2. The van der Waals surface area contributed by atoms with E-state index in [9.17, 15) is 13.2 Å². The van der Waals surface area contributed by atoms with E-state index in [-0.39, 0.29) is 4.90 Å². The smallest absolute Gasteiger partial charge is 0.270 e. The van der Waals surface area contributed by atoms with Crippen LogP contribution in [0.4, 0.5) is 0 Å². The molecule has 1 aliphatic heterocycles. The molecule has 0 N–H and O–H groups in total. The van der Waals surface area contributed by atoms with E-state index in [0.717, 1.165) is 14.8 Å². The van der Waals surface area contributed by atoms with Gasteiger partial charge in [-0.05, 0) is 48.9 Å². The molecule has 0 aliphatic carbocycles. The van der Waals surface area contributed by atoms with Gasteiger partial charge in [0.05, 0.1) is 10.8 Å². The molecule has 3 aromatic rings. The van der Waals surface area contributed by atoms with Crippen molar-refractivity contribution in [2.24, 2.45) is 0 Å². The van der Waals surface area contributed by atoms with Crippen LogP contribution < -0.4 is 0 Å². The summed E-state index contributed by atoms with van der Waals surface area (Å²) in [5.74, 6) is -1.68. The predicted molar refractivity (Wildman–Crippen MR) is 130 cm³/mol. The summed E-state index contributed by atoms with van der Waals surface area (Å²) < 4.78 is 26.1. The van der Waals surface area contributed by atoms with Crippen LogP contribution in [0, 0.1) is 6.92 Å². The molecule has 0 aromatic heterocycles. The first-order valence-corrected chi connectivity index (χ1v) is 13.1. The average Bonchev–Trinajstić information content (AvgIpc) is 2.96. The van der Waals surface area contributed by atoms with Crippen molar-refractivity contribution >= 4 is 62.5 Å². The second kappa shape index (κ2) is 8.92. The summed E-state index contributed by atoms with van der Waals surface area (Å²) >= 11 is 20.4. The van der Waals surface area contributed by atoms with Crippen LogP contribution in [0.25, 0.3) is 0 Å². The van der Waals surface area contributed by atoms with E-state index in [2.05, 4.69) is 0 Å². The fourth-order valence-electron chi connectivity index (χ4n) is 3.58. The van der Waals surface area contributed by atoms with E-state index in [0.29, 0.717) is 10.6 Å². The van der Waals surface area contributed by atoms with E-state index in [1.165, 1.54) is 23.9 Å². The number of benzene rings is 3. The zero-order chi connectivity index (χ0) is 23.1. The van der Waals surface area contributed by atoms with Crippen molar-refractivity contribution in [2.75, 3.05) is 0 Å². The number of carbonyl (C=O) groups excluding carboxylic acids is 1. The topological polar surface area (TPSA) is 54.5 Å². The number of hydrogen-bond acceptors (Lipinski definition) is 4. The Kier molecular flexibility index (Phi) is 6.54. The number of amides is 1. The lowest BCUT2D eigenvalue weighted by molar-refractivity contribution is -0.124. The first-order valence-electron chi connectivity index (χ1n) is 9.63. The zero-order valence-corrected chi connectivity index (χ0v) is 20.7. The fraction of sp³-hybridized carbons (Fsp3) is 0.174. The quantitative estimate of drug-likeness (QED) is 0.369. The zero-order valence-electron chi connectivity index (χ0n) is 16.8. The molecule has 3 aromatic carbocycles. The lowest BCUT2D eigenvalue weighted by Crippen LogP contribution is -2.39. The maximum Gasteiger partial charge on any atom is 0.274 e. The van der Waals surface area contributed by atoms with Crippen LogP contribution in [0.2, 0.25) is 5.02 Å². The van der Waals surface area contributed by atoms with Crippen LogP contribution >= 0.6 is 46.6 Å². The lowest BCUT2D eigenvalue weighted by Gasteiger charge is -2.27. The summed E-state index contributed by atoms with van der Waals surface area (Å²) in [6, 6.07) is 22.2. The number of alkyl halides is 2. The summed E-state index contributed by atoms with van der Waals surface area (Å²) in [4.78, 5) is 14.1. The van der Waals surface area contributed by atoms with E-state index in [4.69, 9.17) is 34.8 Å². The van der Waals surface area contributed by atoms with Crippen LogP contribution in [0.15, 0.2) is 88.7 Å². The number of thioether (sulfide) groups is 1. The highest BCUT2D eigenvalue weighted by molar-refractivity contribution is 8.01. The minimum atomic E-state index is -4.23. The Bertz CT molecular complexity index is 1230. The molecule has 32 heavy (non-hydrogen) atoms. The number of aryl methyl sites for hydroxylation is 1. The molecule has 1 aliphatic rings. The van der Waals surface area contributed by atoms with Gasteiger partial charge >= 0.3 is 0 Å². The van der Waals surface area contributed by atoms with Crippen molar-refractivity contribution in [2.45, 2.75) is 32.3 Å². The second-order valence-electron chi connectivity index (χ2n) is 7.39. The first-order chi connectivity index (χ1) is 15.1. The van der Waals surface area contributed by atoms with Crippen LogP contribution in [0.3, 0.4) is 0 Å². The molecule has 0 spiro atoms. The Labute approximate surface area is 206 Å². The SMILES string of the molecule is Cc1ccc(S(=O)(=O)N2C(=O)C(Cl)(Cl)[C@H](c3ccccc3)[C@H]2Sc2ccc(Cl)cc2)cc1. The molecule has 1 heterocycles. The number of halogens is 3. The molecule has 1 fully saturated rings. The Hall–Kier alpha value is -1.70. The summed E-state index contributed by atoms with van der Waals surface area (Å²) in [5.41, 5.74) is 1.56. The highest BCUT2D eigenvalue weighted by Crippen LogP contribution is 2.55. The monoisotopic (exact) mass is 525 g/mol. The van der Waals surface area contributed by atoms with Crippen molar-refractivity contribution in [3.63, 3.8) is 0 Å². The third-order valence-electron chi connectivity index (χ3n) is 5.20. The van der Waals surface area contributed by atoms with E-state index in [1.54, 1.807) is 60.7 Å². The summed E-state index contributed by atoms with van der Waals surface area (Å²) in [5, 5.41) is -0.364. The van der Waals surface area contributed by atoms with Crippen molar-refractivity contribution in [1.29, 1.82) is 0 Å². The van der Waals surface area contributed by atoms with Gasteiger partial charge in [-0.3, -0.25) is 4.79 Å². The van der Waals surface area contributed by atoms with Gasteiger partial charge in [0.15, 0.2) is 0 Å². The highest BCUT2D eigenvalue weighted by Gasteiger charge is 2.62. The molecule has 0 bridgehead atoms. The molecule has 1 amide bonds. The molecule has 0 radical (unpaired) electrons. The van der Waals surface area contributed by atoms with Crippen LogP contribution in [-0.4, -0.2) is 28.3 Å². The summed E-state index contributed by atoms with van der Waals surface area (Å²) in [6.07, 6.45) is 0. The van der Waals surface area contributed by atoms with Gasteiger partial charge in [0.2, 0.25) is 4.33 Å².